The van der Waals surface area contributed by atoms with Crippen LogP contribution in [0.25, 0.3) is 32.7 Å². The summed E-state index contributed by atoms with van der Waals surface area (Å²) in [6.45, 7) is 2.19. The van der Waals surface area contributed by atoms with E-state index in [9.17, 15) is 0 Å². The van der Waals surface area contributed by atoms with Gasteiger partial charge >= 0.3 is 0 Å². The van der Waals surface area contributed by atoms with E-state index in [-0.39, 0.29) is 0 Å². The van der Waals surface area contributed by atoms with Crippen LogP contribution in [0.1, 0.15) is 12.5 Å². The summed E-state index contributed by atoms with van der Waals surface area (Å²) in [5.41, 5.74) is 3.99. The molecule has 0 saturated carbocycles. The number of rotatable bonds is 2. The van der Waals surface area contributed by atoms with Crippen LogP contribution in [-0.2, 0) is 6.42 Å². The van der Waals surface area contributed by atoms with Gasteiger partial charge < -0.3 is 0 Å². The van der Waals surface area contributed by atoms with Crippen molar-refractivity contribution in [2.75, 3.05) is 0 Å². The van der Waals surface area contributed by atoms with Crippen LogP contribution in [0.3, 0.4) is 0 Å². The molecule has 4 rings (SSSR count). The van der Waals surface area contributed by atoms with Crippen LogP contribution in [0.5, 0.6) is 0 Å². The SMILES string of the molecule is CCc1ccc(-c2cc3ccccc3c3ccccc23)cc1. The second-order valence-electron chi connectivity index (χ2n) is 5.74. The lowest BCUT2D eigenvalue weighted by atomic mass is 9.93. The fraction of sp³-hybridized carbons (Fsp3) is 0.0909. The average molecular weight is 282 g/mol. The van der Waals surface area contributed by atoms with Crippen molar-refractivity contribution in [3.05, 3.63) is 84.4 Å². The van der Waals surface area contributed by atoms with Crippen molar-refractivity contribution in [2.24, 2.45) is 0 Å². The molecule has 0 saturated heterocycles. The van der Waals surface area contributed by atoms with Gasteiger partial charge in [0.05, 0.1) is 0 Å². The lowest BCUT2D eigenvalue weighted by Crippen LogP contribution is -1.85. The first-order valence-electron chi connectivity index (χ1n) is 7.86. The molecule has 0 fully saturated rings. The van der Waals surface area contributed by atoms with E-state index < -0.39 is 0 Å². The van der Waals surface area contributed by atoms with Gasteiger partial charge in [-0.15, -0.1) is 0 Å². The molecule has 4 aromatic rings. The predicted molar refractivity (Wildman–Crippen MR) is 96.3 cm³/mol. The minimum absolute atomic E-state index is 1.08. The summed E-state index contributed by atoms with van der Waals surface area (Å²) in [5, 5.41) is 5.28. The van der Waals surface area contributed by atoms with Crippen molar-refractivity contribution in [2.45, 2.75) is 13.3 Å². The molecule has 0 heterocycles. The average Bonchev–Trinajstić information content (AvgIpc) is 2.61. The standard InChI is InChI=1S/C22H18/c1-2-16-11-13-17(14-12-16)22-15-18-7-3-4-8-19(18)20-9-5-6-10-21(20)22/h3-15H,2H2,1H3. The fourth-order valence-corrected chi connectivity index (χ4v) is 3.21. The topological polar surface area (TPSA) is 0 Å². The summed E-state index contributed by atoms with van der Waals surface area (Å²) in [6, 6.07) is 28.6. The maximum atomic E-state index is 2.32. The van der Waals surface area contributed by atoms with E-state index in [1.807, 2.05) is 0 Å². The number of benzene rings is 4. The molecule has 0 N–H and O–H groups in total. The maximum absolute atomic E-state index is 2.32. The van der Waals surface area contributed by atoms with Gasteiger partial charge in [0.15, 0.2) is 0 Å². The number of fused-ring (bicyclic) bond motifs is 3. The van der Waals surface area contributed by atoms with Crippen molar-refractivity contribution in [1.82, 2.24) is 0 Å². The molecular formula is C22H18. The third-order valence-corrected chi connectivity index (χ3v) is 4.44. The van der Waals surface area contributed by atoms with E-state index in [1.54, 1.807) is 0 Å². The lowest BCUT2D eigenvalue weighted by Gasteiger charge is -2.11. The van der Waals surface area contributed by atoms with Crippen molar-refractivity contribution < 1.29 is 0 Å². The van der Waals surface area contributed by atoms with Crippen LogP contribution >= 0.6 is 0 Å². The molecular weight excluding hydrogens is 264 g/mol. The predicted octanol–water partition coefficient (Wildman–Crippen LogP) is 6.22. The zero-order chi connectivity index (χ0) is 14.9. The minimum Gasteiger partial charge on any atom is -0.0616 e. The molecule has 0 spiro atoms. The molecule has 0 heteroatoms. The van der Waals surface area contributed by atoms with E-state index in [1.165, 1.54) is 38.2 Å². The monoisotopic (exact) mass is 282 g/mol. The van der Waals surface area contributed by atoms with Gasteiger partial charge in [0.2, 0.25) is 0 Å². The number of aryl methyl sites for hydroxylation is 1. The van der Waals surface area contributed by atoms with Crippen LogP contribution in [0.4, 0.5) is 0 Å². The minimum atomic E-state index is 1.08. The molecule has 106 valence electrons. The van der Waals surface area contributed by atoms with Crippen LogP contribution in [0, 0.1) is 0 Å². The highest BCUT2D eigenvalue weighted by molar-refractivity contribution is 6.13. The Morgan fingerprint density at radius 2 is 1.27 bits per heavy atom. The second kappa shape index (κ2) is 5.31. The molecule has 0 nitrogen and oxygen atoms in total. The molecule has 0 aromatic heterocycles. The van der Waals surface area contributed by atoms with Crippen LogP contribution in [0.15, 0.2) is 78.9 Å². The largest absolute Gasteiger partial charge is 0.0616 e. The van der Waals surface area contributed by atoms with Gasteiger partial charge in [0.25, 0.3) is 0 Å². The van der Waals surface area contributed by atoms with Gasteiger partial charge in [0, 0.05) is 0 Å². The van der Waals surface area contributed by atoms with E-state index in [0.717, 1.165) is 6.42 Å². The molecule has 4 aromatic carbocycles. The Kier molecular flexibility index (Phi) is 3.16. The van der Waals surface area contributed by atoms with Crippen molar-refractivity contribution in [1.29, 1.82) is 0 Å². The smallest absolute Gasteiger partial charge is 0.00990 e. The van der Waals surface area contributed by atoms with Crippen LogP contribution in [0.2, 0.25) is 0 Å². The quantitative estimate of drug-likeness (QED) is 0.383. The Hall–Kier alpha value is -2.60. The highest BCUT2D eigenvalue weighted by Gasteiger charge is 2.07. The molecule has 0 amide bonds. The molecule has 0 aliphatic carbocycles. The molecule has 0 unspecified atom stereocenters. The van der Waals surface area contributed by atoms with Crippen LogP contribution < -0.4 is 0 Å². The normalized spacial score (nSPS) is 11.1. The Bertz CT molecular complexity index is 946. The first kappa shape index (κ1) is 13.1. The van der Waals surface area contributed by atoms with Gasteiger partial charge in [-0.05, 0) is 50.7 Å². The van der Waals surface area contributed by atoms with Gasteiger partial charge in [-0.1, -0.05) is 79.7 Å². The molecule has 0 radical (unpaired) electrons. The second-order valence-corrected chi connectivity index (χ2v) is 5.74. The molecule has 0 atom stereocenters. The highest BCUT2D eigenvalue weighted by atomic mass is 14.1. The zero-order valence-electron chi connectivity index (χ0n) is 12.7. The van der Waals surface area contributed by atoms with Gasteiger partial charge in [-0.2, -0.15) is 0 Å². The Morgan fingerprint density at radius 1 is 0.636 bits per heavy atom. The summed E-state index contributed by atoms with van der Waals surface area (Å²) in [7, 11) is 0. The Labute approximate surface area is 131 Å². The molecule has 0 aliphatic rings. The summed E-state index contributed by atoms with van der Waals surface area (Å²) in [5.74, 6) is 0. The summed E-state index contributed by atoms with van der Waals surface area (Å²) < 4.78 is 0. The maximum Gasteiger partial charge on any atom is -0.00990 e. The third-order valence-electron chi connectivity index (χ3n) is 4.44. The van der Waals surface area contributed by atoms with Crippen molar-refractivity contribution in [3.8, 4) is 11.1 Å². The van der Waals surface area contributed by atoms with Gasteiger partial charge in [-0.25, -0.2) is 0 Å². The van der Waals surface area contributed by atoms with Gasteiger partial charge in [-0.3, -0.25) is 0 Å². The summed E-state index contributed by atoms with van der Waals surface area (Å²) >= 11 is 0. The third kappa shape index (κ3) is 2.08. The lowest BCUT2D eigenvalue weighted by molar-refractivity contribution is 1.14. The summed E-state index contributed by atoms with van der Waals surface area (Å²) in [4.78, 5) is 0. The number of hydrogen-bond acceptors (Lipinski definition) is 0. The van der Waals surface area contributed by atoms with E-state index in [2.05, 4.69) is 85.8 Å². The molecule has 22 heavy (non-hydrogen) atoms. The fourth-order valence-electron chi connectivity index (χ4n) is 3.21. The molecule has 0 bridgehead atoms. The first-order chi connectivity index (χ1) is 10.9. The summed E-state index contributed by atoms with van der Waals surface area (Å²) in [6.07, 6.45) is 1.08. The van der Waals surface area contributed by atoms with Crippen molar-refractivity contribution in [3.63, 3.8) is 0 Å². The van der Waals surface area contributed by atoms with E-state index >= 15 is 0 Å². The van der Waals surface area contributed by atoms with E-state index in [4.69, 9.17) is 0 Å². The Morgan fingerprint density at radius 3 is 2.00 bits per heavy atom. The number of hydrogen-bond donors (Lipinski definition) is 0. The van der Waals surface area contributed by atoms with Gasteiger partial charge in [0.1, 0.15) is 0 Å². The zero-order valence-corrected chi connectivity index (χ0v) is 12.7. The molecule has 0 aliphatic heterocycles. The van der Waals surface area contributed by atoms with Crippen LogP contribution in [-0.4, -0.2) is 0 Å². The Balaban J connectivity index is 2.06. The van der Waals surface area contributed by atoms with Crippen molar-refractivity contribution >= 4 is 21.5 Å². The first-order valence-corrected chi connectivity index (χ1v) is 7.86. The van der Waals surface area contributed by atoms with E-state index in [0.29, 0.717) is 0 Å². The highest BCUT2D eigenvalue weighted by Crippen LogP contribution is 2.34.